The minimum Gasteiger partial charge on any atom is -0.395 e. The van der Waals surface area contributed by atoms with Gasteiger partial charge in [-0.15, -0.1) is 0 Å². The van der Waals surface area contributed by atoms with Crippen molar-refractivity contribution in [3.05, 3.63) is 23.5 Å². The van der Waals surface area contributed by atoms with Gasteiger partial charge in [-0.2, -0.15) is 0 Å². The molecule has 0 aromatic carbocycles. The van der Waals surface area contributed by atoms with E-state index in [0.29, 0.717) is 0 Å². The molecule has 0 radical (unpaired) electrons. The lowest BCUT2D eigenvalue weighted by Gasteiger charge is -2.36. The topological polar surface area (TPSA) is 48.4 Å². The molecule has 2 heterocycles. The molecule has 4 nitrogen and oxygen atoms in total. The third-order valence-electron chi connectivity index (χ3n) is 4.65. The number of hydrogen-bond donors (Lipinski definition) is 2. The zero-order valence-corrected chi connectivity index (χ0v) is 13.6. The predicted octanol–water partition coefficient (Wildman–Crippen LogP) is 2.14. The molecule has 118 valence electrons. The first kappa shape index (κ1) is 16.2. The molecule has 1 aromatic rings. The summed E-state index contributed by atoms with van der Waals surface area (Å²) in [6, 6.07) is 2.31. The molecule has 1 aromatic heterocycles. The van der Waals surface area contributed by atoms with Gasteiger partial charge >= 0.3 is 0 Å². The second kappa shape index (κ2) is 7.76. The number of nitrogens with zero attached hydrogens (tertiary/aromatic N) is 2. The molecule has 21 heavy (non-hydrogen) atoms. The van der Waals surface area contributed by atoms with E-state index in [1.807, 2.05) is 6.20 Å². The summed E-state index contributed by atoms with van der Waals surface area (Å²) in [4.78, 5) is 6.89. The summed E-state index contributed by atoms with van der Waals surface area (Å²) < 4.78 is 0. The molecule has 1 aliphatic heterocycles. The van der Waals surface area contributed by atoms with Gasteiger partial charge in [-0.1, -0.05) is 20.3 Å². The lowest BCUT2D eigenvalue weighted by molar-refractivity contribution is 0.235. The van der Waals surface area contributed by atoms with Gasteiger partial charge in [0.25, 0.3) is 0 Å². The fraction of sp³-hybridized carbons (Fsp3) is 0.706. The Morgan fingerprint density at radius 3 is 3.05 bits per heavy atom. The molecule has 0 amide bonds. The maximum absolute atomic E-state index is 9.39. The first-order valence-corrected chi connectivity index (χ1v) is 8.19. The average molecular weight is 291 g/mol. The largest absolute Gasteiger partial charge is 0.395 e. The highest BCUT2D eigenvalue weighted by molar-refractivity contribution is 5.55. The Labute approximate surface area is 128 Å². The fourth-order valence-electron chi connectivity index (χ4n) is 2.95. The standard InChI is InChI=1S/C17H29N3O/c1-4-13(2)5-6-16-14(3)18-8-7-17(16)20-10-9-19-15(11-20)12-21/h7-8,13,15,19,21H,4-6,9-12H2,1-3H3/t13?,15-/m0/s1. The Bertz CT molecular complexity index is 450. The van der Waals surface area contributed by atoms with Crippen LogP contribution in [0.5, 0.6) is 0 Å². The Balaban J connectivity index is 2.16. The Hall–Kier alpha value is -1.13. The second-order valence-corrected chi connectivity index (χ2v) is 6.23. The summed E-state index contributed by atoms with van der Waals surface area (Å²) in [5, 5.41) is 12.7. The number of anilines is 1. The molecule has 0 aliphatic carbocycles. The van der Waals surface area contributed by atoms with E-state index in [0.717, 1.165) is 37.7 Å². The number of pyridine rings is 1. The molecule has 0 bridgehead atoms. The Morgan fingerprint density at radius 2 is 2.33 bits per heavy atom. The van der Waals surface area contributed by atoms with Crippen molar-refractivity contribution in [2.75, 3.05) is 31.1 Å². The van der Waals surface area contributed by atoms with E-state index >= 15 is 0 Å². The third kappa shape index (κ3) is 4.17. The monoisotopic (exact) mass is 291 g/mol. The molecule has 4 heteroatoms. The number of aryl methyl sites for hydroxylation is 1. The van der Waals surface area contributed by atoms with Gasteiger partial charge in [-0.3, -0.25) is 4.98 Å². The van der Waals surface area contributed by atoms with Gasteiger partial charge < -0.3 is 15.3 Å². The van der Waals surface area contributed by atoms with Crippen LogP contribution >= 0.6 is 0 Å². The maximum atomic E-state index is 9.39. The molecule has 2 N–H and O–H groups in total. The molecule has 2 rings (SSSR count). The van der Waals surface area contributed by atoms with Crippen molar-refractivity contribution < 1.29 is 5.11 Å². The Morgan fingerprint density at radius 1 is 1.52 bits per heavy atom. The van der Waals surface area contributed by atoms with Crippen molar-refractivity contribution in [1.29, 1.82) is 0 Å². The number of hydrogen-bond acceptors (Lipinski definition) is 4. The van der Waals surface area contributed by atoms with Crippen LogP contribution in [0.4, 0.5) is 5.69 Å². The van der Waals surface area contributed by atoms with Gasteiger partial charge in [-0.25, -0.2) is 0 Å². The highest BCUT2D eigenvalue weighted by atomic mass is 16.3. The SMILES string of the molecule is CCC(C)CCc1c(N2CCN[C@H](CO)C2)ccnc1C. The fourth-order valence-corrected chi connectivity index (χ4v) is 2.95. The van der Waals surface area contributed by atoms with Crippen LogP contribution in [0.2, 0.25) is 0 Å². The molecule has 1 aliphatic rings. The van der Waals surface area contributed by atoms with Crippen molar-refractivity contribution in [1.82, 2.24) is 10.3 Å². The summed E-state index contributed by atoms with van der Waals surface area (Å²) in [6.07, 6.45) is 5.45. The van der Waals surface area contributed by atoms with E-state index in [4.69, 9.17) is 0 Å². The molecular weight excluding hydrogens is 262 g/mol. The Kier molecular flexibility index (Phi) is 6.00. The van der Waals surface area contributed by atoms with Crippen molar-refractivity contribution >= 4 is 5.69 Å². The van der Waals surface area contributed by atoms with Crippen LogP contribution in [0, 0.1) is 12.8 Å². The van der Waals surface area contributed by atoms with Crippen molar-refractivity contribution in [2.24, 2.45) is 5.92 Å². The molecule has 0 spiro atoms. The van der Waals surface area contributed by atoms with E-state index in [2.05, 4.69) is 42.0 Å². The van der Waals surface area contributed by atoms with Crippen LogP contribution in [0.15, 0.2) is 12.3 Å². The average Bonchev–Trinajstić information content (AvgIpc) is 2.53. The van der Waals surface area contributed by atoms with Crippen LogP contribution in [-0.2, 0) is 6.42 Å². The van der Waals surface area contributed by atoms with Crippen LogP contribution in [0.1, 0.15) is 37.9 Å². The molecule has 1 unspecified atom stereocenters. The summed E-state index contributed by atoms with van der Waals surface area (Å²) in [5.74, 6) is 0.755. The van der Waals surface area contributed by atoms with Crippen LogP contribution in [0.3, 0.4) is 0 Å². The first-order valence-electron chi connectivity index (χ1n) is 8.19. The molecule has 1 saturated heterocycles. The molecule has 0 saturated carbocycles. The molecule has 1 fully saturated rings. The van der Waals surface area contributed by atoms with Gasteiger partial charge in [0.05, 0.1) is 6.61 Å². The zero-order chi connectivity index (χ0) is 15.2. The maximum Gasteiger partial charge on any atom is 0.0601 e. The van der Waals surface area contributed by atoms with Gasteiger partial charge in [0.1, 0.15) is 0 Å². The van der Waals surface area contributed by atoms with Crippen molar-refractivity contribution in [2.45, 2.75) is 46.1 Å². The highest BCUT2D eigenvalue weighted by Crippen LogP contribution is 2.26. The van der Waals surface area contributed by atoms with E-state index in [9.17, 15) is 5.11 Å². The predicted molar refractivity (Wildman–Crippen MR) is 87.8 cm³/mol. The molecular formula is C17H29N3O. The van der Waals surface area contributed by atoms with Crippen LogP contribution < -0.4 is 10.2 Å². The van der Waals surface area contributed by atoms with E-state index in [-0.39, 0.29) is 12.6 Å². The van der Waals surface area contributed by atoms with Gasteiger partial charge in [0.15, 0.2) is 0 Å². The van der Waals surface area contributed by atoms with E-state index < -0.39 is 0 Å². The quantitative estimate of drug-likeness (QED) is 0.843. The summed E-state index contributed by atoms with van der Waals surface area (Å²) >= 11 is 0. The van der Waals surface area contributed by atoms with Crippen molar-refractivity contribution in [3.8, 4) is 0 Å². The summed E-state index contributed by atoms with van der Waals surface area (Å²) in [7, 11) is 0. The number of piperazine rings is 1. The number of aliphatic hydroxyl groups is 1. The minimum absolute atomic E-state index is 0.176. The van der Waals surface area contributed by atoms with E-state index in [1.54, 1.807) is 0 Å². The number of rotatable bonds is 6. The van der Waals surface area contributed by atoms with Gasteiger partial charge in [-0.05, 0) is 37.3 Å². The van der Waals surface area contributed by atoms with Crippen LogP contribution in [-0.4, -0.2) is 42.4 Å². The van der Waals surface area contributed by atoms with Gasteiger partial charge in [0.2, 0.25) is 0 Å². The highest BCUT2D eigenvalue weighted by Gasteiger charge is 2.21. The lowest BCUT2D eigenvalue weighted by Crippen LogP contribution is -2.52. The van der Waals surface area contributed by atoms with Gasteiger partial charge in [0, 0.05) is 43.3 Å². The summed E-state index contributed by atoms with van der Waals surface area (Å²) in [5.41, 5.74) is 3.84. The van der Waals surface area contributed by atoms with E-state index in [1.165, 1.54) is 24.1 Å². The lowest BCUT2D eigenvalue weighted by atomic mass is 9.96. The normalized spacial score (nSPS) is 20.6. The van der Waals surface area contributed by atoms with Crippen molar-refractivity contribution in [3.63, 3.8) is 0 Å². The van der Waals surface area contributed by atoms with Crippen LogP contribution in [0.25, 0.3) is 0 Å². The second-order valence-electron chi connectivity index (χ2n) is 6.23. The smallest absolute Gasteiger partial charge is 0.0601 e. The number of aromatic nitrogens is 1. The summed E-state index contributed by atoms with van der Waals surface area (Å²) in [6.45, 7) is 9.68. The number of nitrogens with one attached hydrogen (secondary N) is 1. The minimum atomic E-state index is 0.176. The zero-order valence-electron chi connectivity index (χ0n) is 13.6. The first-order chi connectivity index (χ1) is 10.2. The third-order valence-corrected chi connectivity index (χ3v) is 4.65. The number of aliphatic hydroxyl groups excluding tert-OH is 1. The molecule has 2 atom stereocenters.